The molecule has 0 aliphatic heterocycles. The van der Waals surface area contributed by atoms with Crippen LogP contribution in [0.15, 0.2) is 42.7 Å². The van der Waals surface area contributed by atoms with E-state index in [1.54, 1.807) is 12.4 Å². The van der Waals surface area contributed by atoms with E-state index in [0.29, 0.717) is 21.5 Å². The number of aromatic nitrogens is 4. The van der Waals surface area contributed by atoms with Gasteiger partial charge in [-0.3, -0.25) is 4.98 Å². The minimum Gasteiger partial charge on any atom is -0.315 e. The molecule has 0 saturated heterocycles. The van der Waals surface area contributed by atoms with Crippen LogP contribution in [0.1, 0.15) is 5.56 Å². The summed E-state index contributed by atoms with van der Waals surface area (Å²) in [5, 5.41) is 5.81. The lowest BCUT2D eigenvalue weighted by atomic mass is 10.2. The van der Waals surface area contributed by atoms with Gasteiger partial charge >= 0.3 is 0 Å². The molecule has 5 nitrogen and oxygen atoms in total. The number of nitrogens with one attached hydrogen (secondary N) is 1. The number of pyridine rings is 1. The van der Waals surface area contributed by atoms with Gasteiger partial charge in [-0.05, 0) is 36.5 Å². The maximum Gasteiger partial charge on any atom is 0.202 e. The van der Waals surface area contributed by atoms with Crippen molar-refractivity contribution in [3.8, 4) is 11.4 Å². The molecule has 0 aliphatic rings. The second-order valence-electron chi connectivity index (χ2n) is 5.94. The first kappa shape index (κ1) is 18.1. The van der Waals surface area contributed by atoms with Gasteiger partial charge in [-0.1, -0.05) is 29.3 Å². The van der Waals surface area contributed by atoms with Gasteiger partial charge in [0.05, 0.1) is 17.1 Å². The van der Waals surface area contributed by atoms with Gasteiger partial charge in [-0.15, -0.1) is 5.10 Å². The summed E-state index contributed by atoms with van der Waals surface area (Å²) in [6, 6.07) is 9.55. The van der Waals surface area contributed by atoms with E-state index in [0.717, 1.165) is 23.5 Å². The lowest BCUT2D eigenvalue weighted by Gasteiger charge is -2.14. The lowest BCUT2D eigenvalue weighted by molar-refractivity contribution is -0.917. The quantitative estimate of drug-likeness (QED) is 0.676. The van der Waals surface area contributed by atoms with Crippen molar-refractivity contribution in [2.75, 3.05) is 7.05 Å². The van der Waals surface area contributed by atoms with Crippen LogP contribution in [0.5, 0.6) is 0 Å². The maximum atomic E-state index is 6.09. The van der Waals surface area contributed by atoms with E-state index < -0.39 is 0 Å². The van der Waals surface area contributed by atoms with E-state index in [9.17, 15) is 0 Å². The highest BCUT2D eigenvalue weighted by Gasteiger charge is 2.13. The molecule has 0 amide bonds. The van der Waals surface area contributed by atoms with Gasteiger partial charge in [-0.25, -0.2) is 0 Å². The molecule has 0 bridgehead atoms. The first-order chi connectivity index (χ1) is 12.0. The number of quaternary nitrogens is 1. The van der Waals surface area contributed by atoms with E-state index in [1.807, 2.05) is 46.6 Å². The summed E-state index contributed by atoms with van der Waals surface area (Å²) in [6.07, 6.45) is 3.50. The molecule has 1 unspecified atom stereocenters. The molecule has 0 fully saturated rings. The van der Waals surface area contributed by atoms with E-state index in [2.05, 4.69) is 17.1 Å². The van der Waals surface area contributed by atoms with Crippen LogP contribution in [-0.4, -0.2) is 26.4 Å². The van der Waals surface area contributed by atoms with Gasteiger partial charge in [0.15, 0.2) is 12.5 Å². The normalized spacial score (nSPS) is 12.3. The Kier molecular flexibility index (Phi) is 5.54. The van der Waals surface area contributed by atoms with Crippen LogP contribution in [0.3, 0.4) is 0 Å². The first-order valence-electron chi connectivity index (χ1n) is 7.75. The van der Waals surface area contributed by atoms with E-state index >= 15 is 0 Å². The standard InChI is InChI=1S/C17H17Cl2N5S/c1-22(10-12-3-4-14(18)15(19)9-12)11-24-17(25)23(2)16(21-24)13-5-7-20-8-6-13/h3-9H,10-11H2,1-2H3/p+1. The Morgan fingerprint density at radius 3 is 2.52 bits per heavy atom. The van der Waals surface area contributed by atoms with E-state index in [4.69, 9.17) is 35.4 Å². The Morgan fingerprint density at radius 1 is 1.12 bits per heavy atom. The number of rotatable bonds is 5. The molecule has 1 aromatic carbocycles. The fourth-order valence-electron chi connectivity index (χ4n) is 2.65. The number of halogens is 2. The summed E-state index contributed by atoms with van der Waals surface area (Å²) < 4.78 is 4.44. The van der Waals surface area contributed by atoms with Crippen molar-refractivity contribution in [1.29, 1.82) is 0 Å². The predicted octanol–water partition coefficient (Wildman–Crippen LogP) is 2.99. The molecule has 0 saturated carbocycles. The summed E-state index contributed by atoms with van der Waals surface area (Å²) in [5.74, 6) is 0.828. The molecule has 130 valence electrons. The van der Waals surface area contributed by atoms with Crippen LogP contribution in [0.2, 0.25) is 10.0 Å². The molecule has 0 spiro atoms. The average Bonchev–Trinajstić information content (AvgIpc) is 2.87. The molecule has 1 N–H and O–H groups in total. The Balaban J connectivity index is 1.78. The largest absolute Gasteiger partial charge is 0.315 e. The maximum absolute atomic E-state index is 6.09. The van der Waals surface area contributed by atoms with Gasteiger partial charge < -0.3 is 9.47 Å². The monoisotopic (exact) mass is 394 g/mol. The molecule has 25 heavy (non-hydrogen) atoms. The summed E-state index contributed by atoms with van der Waals surface area (Å²) in [7, 11) is 4.01. The third-order valence-electron chi connectivity index (χ3n) is 3.89. The first-order valence-corrected chi connectivity index (χ1v) is 8.91. The number of nitrogens with zero attached hydrogens (tertiary/aromatic N) is 4. The van der Waals surface area contributed by atoms with Crippen LogP contribution in [0.4, 0.5) is 0 Å². The topological polar surface area (TPSA) is 40.1 Å². The van der Waals surface area contributed by atoms with Crippen LogP contribution in [-0.2, 0) is 20.3 Å². The third kappa shape index (κ3) is 4.10. The molecular weight excluding hydrogens is 377 g/mol. The van der Waals surface area contributed by atoms with Gasteiger partial charge in [0.1, 0.15) is 6.54 Å². The Morgan fingerprint density at radius 2 is 1.84 bits per heavy atom. The van der Waals surface area contributed by atoms with Crippen molar-refractivity contribution in [3.05, 3.63) is 63.1 Å². The zero-order valence-corrected chi connectivity index (χ0v) is 16.2. The van der Waals surface area contributed by atoms with E-state index in [-0.39, 0.29) is 0 Å². The highest BCUT2D eigenvalue weighted by molar-refractivity contribution is 7.71. The highest BCUT2D eigenvalue weighted by atomic mass is 35.5. The minimum absolute atomic E-state index is 0.567. The van der Waals surface area contributed by atoms with Crippen LogP contribution >= 0.6 is 35.4 Å². The van der Waals surface area contributed by atoms with Crippen LogP contribution in [0, 0.1) is 4.77 Å². The smallest absolute Gasteiger partial charge is 0.202 e. The molecule has 2 aromatic heterocycles. The second kappa shape index (κ2) is 7.66. The Bertz CT molecular complexity index is 936. The van der Waals surface area contributed by atoms with Gasteiger partial charge in [0.2, 0.25) is 4.77 Å². The van der Waals surface area contributed by atoms with Crippen molar-refractivity contribution in [2.24, 2.45) is 7.05 Å². The zero-order chi connectivity index (χ0) is 18.0. The average molecular weight is 395 g/mol. The molecule has 1 atom stereocenters. The molecule has 3 rings (SSSR count). The predicted molar refractivity (Wildman–Crippen MR) is 102 cm³/mol. The Labute approximate surface area is 161 Å². The second-order valence-corrected chi connectivity index (χ2v) is 7.12. The van der Waals surface area contributed by atoms with Crippen molar-refractivity contribution in [3.63, 3.8) is 0 Å². The molecule has 0 radical (unpaired) electrons. The molecular formula is C17H18Cl2N5S+. The number of hydrogen-bond acceptors (Lipinski definition) is 3. The van der Waals surface area contributed by atoms with E-state index in [1.165, 1.54) is 4.90 Å². The van der Waals surface area contributed by atoms with Gasteiger partial charge in [-0.2, -0.15) is 4.68 Å². The fraction of sp³-hybridized carbons (Fsp3) is 0.235. The van der Waals surface area contributed by atoms with Crippen molar-refractivity contribution < 1.29 is 4.90 Å². The number of benzene rings is 1. The van der Waals surface area contributed by atoms with Crippen LogP contribution in [0.25, 0.3) is 11.4 Å². The highest BCUT2D eigenvalue weighted by Crippen LogP contribution is 2.22. The summed E-state index contributed by atoms with van der Waals surface area (Å²) in [4.78, 5) is 5.27. The zero-order valence-electron chi connectivity index (χ0n) is 13.9. The van der Waals surface area contributed by atoms with Crippen molar-refractivity contribution in [1.82, 2.24) is 19.3 Å². The summed E-state index contributed by atoms with van der Waals surface area (Å²) in [5.41, 5.74) is 2.10. The molecule has 0 aliphatic carbocycles. The van der Waals surface area contributed by atoms with Crippen molar-refractivity contribution >= 4 is 35.4 Å². The summed E-state index contributed by atoms with van der Waals surface area (Å²) >= 11 is 17.6. The SMILES string of the molecule is Cn1c(-c2ccncc2)nn(C[NH+](C)Cc2ccc(Cl)c(Cl)c2)c1=S. The summed E-state index contributed by atoms with van der Waals surface area (Å²) in [6.45, 7) is 1.44. The molecule has 3 aromatic rings. The number of hydrogen-bond donors (Lipinski definition) is 1. The fourth-order valence-corrected chi connectivity index (χ4v) is 3.17. The molecule has 2 heterocycles. The Hall–Kier alpha value is -1.73. The minimum atomic E-state index is 0.567. The van der Waals surface area contributed by atoms with Crippen molar-refractivity contribution in [2.45, 2.75) is 13.2 Å². The van der Waals surface area contributed by atoms with Crippen LogP contribution < -0.4 is 4.90 Å². The molecule has 8 heteroatoms. The lowest BCUT2D eigenvalue weighted by Crippen LogP contribution is -3.07. The third-order valence-corrected chi connectivity index (χ3v) is 5.11. The van der Waals surface area contributed by atoms with Gasteiger partial charge in [0.25, 0.3) is 0 Å². The van der Waals surface area contributed by atoms with Gasteiger partial charge in [0, 0.05) is 30.6 Å².